The van der Waals surface area contributed by atoms with Gasteiger partial charge in [-0.25, -0.2) is 0 Å². The second-order valence-corrected chi connectivity index (χ2v) is 4.45. The summed E-state index contributed by atoms with van der Waals surface area (Å²) in [5.41, 5.74) is 9.06. The number of nitriles is 1. The number of hydrogen-bond acceptors (Lipinski definition) is 2. The maximum atomic E-state index is 8.95. The first-order valence-corrected chi connectivity index (χ1v) is 5.57. The van der Waals surface area contributed by atoms with Crippen molar-refractivity contribution in [2.45, 2.75) is 6.92 Å². The van der Waals surface area contributed by atoms with Gasteiger partial charge in [-0.2, -0.15) is 5.26 Å². The third-order valence-corrected chi connectivity index (χ3v) is 3.00. The van der Waals surface area contributed by atoms with Crippen LogP contribution in [0, 0.1) is 18.3 Å². The summed E-state index contributed by atoms with van der Waals surface area (Å²) in [6.07, 6.45) is 0. The third-order valence-electron chi connectivity index (χ3n) is 2.50. The van der Waals surface area contributed by atoms with Crippen LogP contribution >= 0.6 is 15.9 Å². The Hall–Kier alpha value is -1.73. The maximum absolute atomic E-state index is 8.95. The van der Waals surface area contributed by atoms with Crippen molar-refractivity contribution in [3.05, 3.63) is 39.9 Å². The highest BCUT2D eigenvalue weighted by Gasteiger charge is 2.12. The largest absolute Gasteiger partial charge is 0.384 e. The minimum atomic E-state index is 0.426. The first kappa shape index (κ1) is 10.8. The van der Waals surface area contributed by atoms with Gasteiger partial charge in [-0.3, -0.25) is 0 Å². The molecule has 2 aromatic rings. The van der Waals surface area contributed by atoms with Crippen molar-refractivity contribution in [1.29, 1.82) is 5.26 Å². The van der Waals surface area contributed by atoms with Crippen LogP contribution in [0.2, 0.25) is 0 Å². The molecule has 1 heterocycles. The fourth-order valence-corrected chi connectivity index (χ4v) is 2.09. The third kappa shape index (κ3) is 1.70. The van der Waals surface area contributed by atoms with Gasteiger partial charge in [0.05, 0.1) is 11.3 Å². The van der Waals surface area contributed by atoms with E-state index in [0.29, 0.717) is 11.4 Å². The number of hydrogen-bond donors (Lipinski definition) is 2. The molecule has 0 bridgehead atoms. The molecule has 16 heavy (non-hydrogen) atoms. The summed E-state index contributed by atoms with van der Waals surface area (Å²) in [6.45, 7) is 1.89. The number of nitrogens with two attached hydrogens (primary N) is 1. The number of rotatable bonds is 1. The van der Waals surface area contributed by atoms with E-state index in [0.717, 1.165) is 21.3 Å². The van der Waals surface area contributed by atoms with Gasteiger partial charge in [0.1, 0.15) is 11.9 Å². The van der Waals surface area contributed by atoms with E-state index in [1.54, 1.807) is 0 Å². The Bertz CT molecular complexity index is 578. The quantitative estimate of drug-likeness (QED) is 0.839. The Morgan fingerprint density at radius 2 is 2.19 bits per heavy atom. The van der Waals surface area contributed by atoms with E-state index in [2.05, 4.69) is 27.0 Å². The molecule has 2 rings (SSSR count). The molecule has 1 aromatic carbocycles. The van der Waals surface area contributed by atoms with Crippen LogP contribution in [-0.2, 0) is 0 Å². The topological polar surface area (TPSA) is 65.6 Å². The van der Waals surface area contributed by atoms with Crippen molar-refractivity contribution in [1.82, 2.24) is 4.98 Å². The van der Waals surface area contributed by atoms with Gasteiger partial charge in [0.25, 0.3) is 0 Å². The Kier molecular flexibility index (Phi) is 2.71. The molecule has 0 unspecified atom stereocenters. The number of nitrogen functional groups attached to an aromatic ring is 1. The van der Waals surface area contributed by atoms with Gasteiger partial charge >= 0.3 is 0 Å². The number of H-pyrrole nitrogens is 1. The minimum Gasteiger partial charge on any atom is -0.384 e. The number of aromatic amines is 1. The van der Waals surface area contributed by atoms with Crippen molar-refractivity contribution >= 4 is 21.7 Å². The van der Waals surface area contributed by atoms with Crippen LogP contribution in [0.1, 0.15) is 11.1 Å². The molecule has 0 fully saturated rings. The highest BCUT2D eigenvalue weighted by molar-refractivity contribution is 9.10. The Balaban J connectivity index is 2.62. The van der Waals surface area contributed by atoms with Gasteiger partial charge in [-0.1, -0.05) is 28.1 Å². The molecule has 0 spiro atoms. The molecule has 80 valence electrons. The monoisotopic (exact) mass is 275 g/mol. The van der Waals surface area contributed by atoms with Crippen molar-refractivity contribution < 1.29 is 0 Å². The van der Waals surface area contributed by atoms with Crippen molar-refractivity contribution in [3.63, 3.8) is 0 Å². The summed E-state index contributed by atoms with van der Waals surface area (Å²) in [5, 5.41) is 8.95. The maximum Gasteiger partial charge on any atom is 0.119 e. The Labute approximate surface area is 102 Å². The van der Waals surface area contributed by atoms with E-state index in [1.165, 1.54) is 0 Å². The van der Waals surface area contributed by atoms with Gasteiger partial charge < -0.3 is 10.7 Å². The molecule has 0 saturated carbocycles. The lowest BCUT2D eigenvalue weighted by molar-refractivity contribution is 1.37. The molecular weight excluding hydrogens is 266 g/mol. The normalized spacial score (nSPS) is 10.1. The summed E-state index contributed by atoms with van der Waals surface area (Å²) in [6, 6.07) is 9.96. The van der Waals surface area contributed by atoms with Crippen LogP contribution in [-0.4, -0.2) is 4.98 Å². The van der Waals surface area contributed by atoms with Crippen molar-refractivity contribution in [3.8, 4) is 17.3 Å². The van der Waals surface area contributed by atoms with Gasteiger partial charge in [0, 0.05) is 4.47 Å². The molecule has 0 aliphatic rings. The molecule has 0 aliphatic carbocycles. The van der Waals surface area contributed by atoms with E-state index in [-0.39, 0.29) is 0 Å². The van der Waals surface area contributed by atoms with E-state index in [1.807, 2.05) is 31.2 Å². The molecular formula is C12H10BrN3. The molecule has 0 saturated heterocycles. The standard InChI is InChI=1S/C12H10BrN3/c1-7-10(6-14)12(15)16-11(7)8-3-2-4-9(13)5-8/h2-5,16H,15H2,1H3. The zero-order chi connectivity index (χ0) is 11.7. The molecule has 0 radical (unpaired) electrons. The van der Waals surface area contributed by atoms with E-state index < -0.39 is 0 Å². The Morgan fingerprint density at radius 1 is 1.44 bits per heavy atom. The molecule has 3 nitrogen and oxygen atoms in total. The summed E-state index contributed by atoms with van der Waals surface area (Å²) >= 11 is 3.42. The molecule has 1 aromatic heterocycles. The van der Waals surface area contributed by atoms with Crippen molar-refractivity contribution in [2.75, 3.05) is 5.73 Å². The summed E-state index contributed by atoms with van der Waals surface area (Å²) in [7, 11) is 0. The van der Waals surface area contributed by atoms with Gasteiger partial charge in [-0.05, 0) is 30.2 Å². The molecule has 4 heteroatoms. The van der Waals surface area contributed by atoms with Crippen molar-refractivity contribution in [2.24, 2.45) is 0 Å². The van der Waals surface area contributed by atoms with E-state index in [4.69, 9.17) is 11.0 Å². The lowest BCUT2D eigenvalue weighted by Gasteiger charge is -2.00. The average Bonchev–Trinajstić information content (AvgIpc) is 2.54. The van der Waals surface area contributed by atoms with E-state index >= 15 is 0 Å². The lowest BCUT2D eigenvalue weighted by atomic mass is 10.1. The zero-order valence-corrected chi connectivity index (χ0v) is 10.3. The van der Waals surface area contributed by atoms with Crippen LogP contribution in [0.5, 0.6) is 0 Å². The Morgan fingerprint density at radius 3 is 2.75 bits per heavy atom. The summed E-state index contributed by atoms with van der Waals surface area (Å²) in [5.74, 6) is 0.426. The zero-order valence-electron chi connectivity index (χ0n) is 8.71. The van der Waals surface area contributed by atoms with Crippen LogP contribution in [0.4, 0.5) is 5.82 Å². The molecule has 0 amide bonds. The number of aromatic nitrogens is 1. The van der Waals surface area contributed by atoms with Gasteiger partial charge in [0.2, 0.25) is 0 Å². The summed E-state index contributed by atoms with van der Waals surface area (Å²) in [4.78, 5) is 3.04. The SMILES string of the molecule is Cc1c(-c2cccc(Br)c2)[nH]c(N)c1C#N. The van der Waals surface area contributed by atoms with Gasteiger partial charge in [-0.15, -0.1) is 0 Å². The molecule has 0 atom stereocenters. The number of nitrogens with zero attached hydrogens (tertiary/aromatic N) is 1. The predicted molar refractivity (Wildman–Crippen MR) is 67.8 cm³/mol. The van der Waals surface area contributed by atoms with Crippen LogP contribution in [0.3, 0.4) is 0 Å². The molecule has 3 N–H and O–H groups in total. The van der Waals surface area contributed by atoms with E-state index in [9.17, 15) is 0 Å². The van der Waals surface area contributed by atoms with Crippen LogP contribution in [0.25, 0.3) is 11.3 Å². The minimum absolute atomic E-state index is 0.426. The number of halogens is 1. The van der Waals surface area contributed by atoms with Gasteiger partial charge in [0.15, 0.2) is 0 Å². The van der Waals surface area contributed by atoms with Crippen LogP contribution in [0.15, 0.2) is 28.7 Å². The fourth-order valence-electron chi connectivity index (χ4n) is 1.69. The first-order valence-electron chi connectivity index (χ1n) is 4.77. The number of nitrogens with one attached hydrogen (secondary N) is 1. The second-order valence-electron chi connectivity index (χ2n) is 3.54. The highest BCUT2D eigenvalue weighted by Crippen LogP contribution is 2.29. The number of benzene rings is 1. The summed E-state index contributed by atoms with van der Waals surface area (Å²) < 4.78 is 0.996. The van der Waals surface area contributed by atoms with Crippen LogP contribution < -0.4 is 5.73 Å². The highest BCUT2D eigenvalue weighted by atomic mass is 79.9. The lowest BCUT2D eigenvalue weighted by Crippen LogP contribution is -1.87. The smallest absolute Gasteiger partial charge is 0.119 e. The fraction of sp³-hybridized carbons (Fsp3) is 0.0833. The number of anilines is 1. The second kappa shape index (κ2) is 4.03. The first-order chi connectivity index (χ1) is 7.63. The predicted octanol–water partition coefficient (Wildman–Crippen LogP) is 3.21. The average molecular weight is 276 g/mol. The molecule has 0 aliphatic heterocycles.